The van der Waals surface area contributed by atoms with E-state index in [1.165, 1.54) is 0 Å². The fraction of sp³-hybridized carbons (Fsp3) is 0.455. The van der Waals surface area contributed by atoms with Gasteiger partial charge in [0.2, 0.25) is 17.2 Å². The first-order chi connectivity index (χ1) is 9.31. The molecule has 1 fully saturated rings. The monoisotopic (exact) mass is 280 g/mol. The summed E-state index contributed by atoms with van der Waals surface area (Å²) in [6.07, 6.45) is 6.89. The van der Waals surface area contributed by atoms with Gasteiger partial charge in [-0.1, -0.05) is 0 Å². The second kappa shape index (κ2) is 5.50. The van der Waals surface area contributed by atoms with Gasteiger partial charge in [-0.2, -0.15) is 15.0 Å². The third kappa shape index (κ3) is 2.99. The molecule has 8 heteroatoms. The van der Waals surface area contributed by atoms with Gasteiger partial charge in [0.1, 0.15) is 6.33 Å². The molecule has 3 rings (SSSR count). The van der Waals surface area contributed by atoms with E-state index in [9.17, 15) is 0 Å². The molecule has 0 spiro atoms. The largest absolute Gasteiger partial charge is 0.381 e. The minimum Gasteiger partial charge on any atom is -0.381 e. The third-order valence-corrected chi connectivity index (χ3v) is 3.06. The maximum Gasteiger partial charge on any atom is 0.241 e. The molecule has 7 nitrogen and oxygen atoms in total. The first kappa shape index (κ1) is 12.3. The first-order valence-electron chi connectivity index (χ1n) is 6.05. The van der Waals surface area contributed by atoms with Crippen molar-refractivity contribution >= 4 is 17.5 Å². The molecule has 3 heterocycles. The first-order valence-corrected chi connectivity index (χ1v) is 6.43. The number of hydrogen-bond donors (Lipinski definition) is 1. The predicted octanol–water partition coefficient (Wildman–Crippen LogP) is 1.30. The smallest absolute Gasteiger partial charge is 0.241 e. The van der Waals surface area contributed by atoms with Gasteiger partial charge in [0.15, 0.2) is 0 Å². The minimum absolute atomic E-state index is 0.160. The summed E-state index contributed by atoms with van der Waals surface area (Å²) in [5.74, 6) is 0.933. The van der Waals surface area contributed by atoms with Crippen molar-refractivity contribution in [3.8, 4) is 5.95 Å². The molecule has 1 aliphatic rings. The van der Waals surface area contributed by atoms with Crippen molar-refractivity contribution in [1.82, 2.24) is 24.5 Å². The molecule has 0 amide bonds. The fourth-order valence-electron chi connectivity index (χ4n) is 1.92. The molecule has 0 unspecified atom stereocenters. The van der Waals surface area contributed by atoms with Crippen LogP contribution in [0.15, 0.2) is 18.7 Å². The lowest BCUT2D eigenvalue weighted by molar-refractivity contribution is 0.0903. The van der Waals surface area contributed by atoms with E-state index >= 15 is 0 Å². The Labute approximate surface area is 115 Å². The number of nitrogens with zero attached hydrogens (tertiary/aromatic N) is 5. The lowest BCUT2D eigenvalue weighted by Crippen LogP contribution is -2.29. The van der Waals surface area contributed by atoms with Crippen molar-refractivity contribution < 1.29 is 4.74 Å². The van der Waals surface area contributed by atoms with Crippen LogP contribution in [0.5, 0.6) is 0 Å². The zero-order chi connectivity index (χ0) is 13.1. The SMILES string of the molecule is Clc1nc(NC2CCOCC2)nc(-n2ccnc2)n1. The molecule has 2 aromatic rings. The van der Waals surface area contributed by atoms with E-state index < -0.39 is 0 Å². The molecule has 19 heavy (non-hydrogen) atoms. The van der Waals surface area contributed by atoms with E-state index in [4.69, 9.17) is 16.3 Å². The van der Waals surface area contributed by atoms with Gasteiger partial charge in [-0.3, -0.25) is 4.57 Å². The van der Waals surface area contributed by atoms with Crippen molar-refractivity contribution in [2.45, 2.75) is 18.9 Å². The summed E-state index contributed by atoms with van der Waals surface area (Å²) in [6.45, 7) is 1.51. The maximum absolute atomic E-state index is 5.92. The van der Waals surface area contributed by atoms with Crippen LogP contribution in [0.3, 0.4) is 0 Å². The van der Waals surface area contributed by atoms with Crippen molar-refractivity contribution in [2.24, 2.45) is 0 Å². The van der Waals surface area contributed by atoms with Gasteiger partial charge in [0.05, 0.1) is 0 Å². The standard InChI is InChI=1S/C11H13ClN6O/c12-9-15-10(14-8-1-5-19-6-2-8)17-11(16-9)18-4-3-13-7-18/h3-4,7-8H,1-2,5-6H2,(H,14,15,16,17). The molecule has 0 radical (unpaired) electrons. The predicted molar refractivity (Wildman–Crippen MR) is 69.4 cm³/mol. The summed E-state index contributed by atoms with van der Waals surface area (Å²) in [7, 11) is 0. The average Bonchev–Trinajstić information content (AvgIpc) is 2.93. The molecule has 1 saturated heterocycles. The van der Waals surface area contributed by atoms with Crippen molar-refractivity contribution in [3.05, 3.63) is 24.0 Å². The van der Waals surface area contributed by atoms with Gasteiger partial charge in [0.25, 0.3) is 0 Å². The highest BCUT2D eigenvalue weighted by molar-refractivity contribution is 6.28. The van der Waals surface area contributed by atoms with Crippen molar-refractivity contribution in [1.29, 1.82) is 0 Å². The van der Waals surface area contributed by atoms with Crippen LogP contribution in [0.4, 0.5) is 5.95 Å². The third-order valence-electron chi connectivity index (χ3n) is 2.89. The van der Waals surface area contributed by atoms with E-state index in [1.807, 2.05) is 0 Å². The van der Waals surface area contributed by atoms with Gasteiger partial charge in [-0.15, -0.1) is 0 Å². The summed E-state index contributed by atoms with van der Waals surface area (Å²) >= 11 is 5.92. The van der Waals surface area contributed by atoms with E-state index in [2.05, 4.69) is 25.3 Å². The summed E-state index contributed by atoms with van der Waals surface area (Å²) in [5, 5.41) is 3.42. The second-order valence-corrected chi connectivity index (χ2v) is 4.57. The van der Waals surface area contributed by atoms with Gasteiger partial charge < -0.3 is 10.1 Å². The minimum atomic E-state index is 0.160. The molecule has 100 valence electrons. The topological polar surface area (TPSA) is 77.8 Å². The molecule has 2 aromatic heterocycles. The Morgan fingerprint density at radius 2 is 2.11 bits per heavy atom. The molecular formula is C11H13ClN6O. The number of halogens is 1. The average molecular weight is 281 g/mol. The lowest BCUT2D eigenvalue weighted by Gasteiger charge is -2.23. The Balaban J connectivity index is 1.81. The highest BCUT2D eigenvalue weighted by Crippen LogP contribution is 2.14. The normalized spacial score (nSPS) is 16.5. The Hall–Kier alpha value is -1.73. The Morgan fingerprint density at radius 1 is 1.26 bits per heavy atom. The highest BCUT2D eigenvalue weighted by atomic mass is 35.5. The lowest BCUT2D eigenvalue weighted by atomic mass is 10.1. The highest BCUT2D eigenvalue weighted by Gasteiger charge is 2.15. The zero-order valence-corrected chi connectivity index (χ0v) is 10.9. The number of rotatable bonds is 3. The molecular weight excluding hydrogens is 268 g/mol. The summed E-state index contributed by atoms with van der Waals surface area (Å²) in [5.41, 5.74) is 0. The number of nitrogens with one attached hydrogen (secondary N) is 1. The number of hydrogen-bond acceptors (Lipinski definition) is 6. The molecule has 0 atom stereocenters. The van der Waals surface area contributed by atoms with Crippen LogP contribution >= 0.6 is 11.6 Å². The van der Waals surface area contributed by atoms with E-state index in [0.717, 1.165) is 26.1 Å². The van der Waals surface area contributed by atoms with Gasteiger partial charge in [-0.05, 0) is 24.4 Å². The quantitative estimate of drug-likeness (QED) is 0.913. The zero-order valence-electron chi connectivity index (χ0n) is 10.2. The van der Waals surface area contributed by atoms with Crippen LogP contribution in [0.1, 0.15) is 12.8 Å². The van der Waals surface area contributed by atoms with E-state index in [-0.39, 0.29) is 5.28 Å². The van der Waals surface area contributed by atoms with Crippen LogP contribution < -0.4 is 5.32 Å². The molecule has 1 N–H and O–H groups in total. The summed E-state index contributed by atoms with van der Waals surface area (Å²) in [6, 6.07) is 0.308. The van der Waals surface area contributed by atoms with Crippen molar-refractivity contribution in [2.75, 3.05) is 18.5 Å². The Morgan fingerprint density at radius 3 is 2.84 bits per heavy atom. The molecule has 0 bridgehead atoms. The molecule has 0 aliphatic carbocycles. The second-order valence-electron chi connectivity index (χ2n) is 4.23. The van der Waals surface area contributed by atoms with Gasteiger partial charge >= 0.3 is 0 Å². The number of anilines is 1. The van der Waals surface area contributed by atoms with Crippen LogP contribution in [0.25, 0.3) is 5.95 Å². The number of ether oxygens (including phenoxy) is 1. The van der Waals surface area contributed by atoms with Gasteiger partial charge in [0, 0.05) is 31.6 Å². The Kier molecular flexibility index (Phi) is 3.56. The molecule has 0 aromatic carbocycles. The molecule has 1 aliphatic heterocycles. The number of imidazole rings is 1. The summed E-state index contributed by atoms with van der Waals surface area (Å²) < 4.78 is 7.00. The van der Waals surface area contributed by atoms with Crippen LogP contribution in [0.2, 0.25) is 5.28 Å². The van der Waals surface area contributed by atoms with E-state index in [0.29, 0.717) is 17.9 Å². The summed E-state index contributed by atoms with van der Waals surface area (Å²) in [4.78, 5) is 16.5. The molecule has 0 saturated carbocycles. The van der Waals surface area contributed by atoms with Crippen molar-refractivity contribution in [3.63, 3.8) is 0 Å². The number of aromatic nitrogens is 5. The van der Waals surface area contributed by atoms with Gasteiger partial charge in [-0.25, -0.2) is 4.98 Å². The fourth-order valence-corrected chi connectivity index (χ4v) is 2.08. The maximum atomic E-state index is 5.92. The van der Waals surface area contributed by atoms with E-state index in [1.54, 1.807) is 23.3 Å². The van der Waals surface area contributed by atoms with Crippen LogP contribution in [-0.4, -0.2) is 43.8 Å². The Bertz CT molecular complexity index is 540. The van der Waals surface area contributed by atoms with Crippen LogP contribution in [-0.2, 0) is 4.74 Å². The van der Waals surface area contributed by atoms with Crippen LogP contribution in [0, 0.1) is 0 Å².